The number of hydrogen-bond donors (Lipinski definition) is 0. The van der Waals surface area contributed by atoms with Crippen LogP contribution in [0.4, 0.5) is 4.39 Å². The van der Waals surface area contributed by atoms with Gasteiger partial charge in [-0.15, -0.1) is 0 Å². The quantitative estimate of drug-likeness (QED) is 0.459. The Morgan fingerprint density at radius 1 is 0.857 bits per heavy atom. The molecule has 0 spiro atoms. The van der Waals surface area contributed by atoms with Crippen LogP contribution in [0, 0.1) is 17.7 Å². The van der Waals surface area contributed by atoms with Gasteiger partial charge in [-0.3, -0.25) is 0 Å². The standard InChI is InChI=1S/C25H35FN2/c1-3-5-7-19-8-10-20(11-9-19)12-13-21-14-15-22(18-24(21)26)25-17-16-23(6-4-2)27-28-25/h14-20H,3-13H2,1-2H3. The summed E-state index contributed by atoms with van der Waals surface area (Å²) in [6.45, 7) is 4.40. The van der Waals surface area contributed by atoms with Gasteiger partial charge in [0.05, 0.1) is 11.4 Å². The van der Waals surface area contributed by atoms with Gasteiger partial charge in [-0.2, -0.15) is 10.2 Å². The van der Waals surface area contributed by atoms with Gasteiger partial charge in [0, 0.05) is 5.56 Å². The van der Waals surface area contributed by atoms with Crippen molar-refractivity contribution in [1.29, 1.82) is 0 Å². The Balaban J connectivity index is 1.52. The van der Waals surface area contributed by atoms with Gasteiger partial charge in [-0.1, -0.05) is 77.3 Å². The molecule has 0 saturated heterocycles. The zero-order valence-electron chi connectivity index (χ0n) is 17.6. The van der Waals surface area contributed by atoms with Gasteiger partial charge in [0.2, 0.25) is 0 Å². The predicted molar refractivity (Wildman–Crippen MR) is 115 cm³/mol. The number of hydrogen-bond acceptors (Lipinski definition) is 2. The van der Waals surface area contributed by atoms with Gasteiger partial charge >= 0.3 is 0 Å². The molecule has 0 bridgehead atoms. The Hall–Kier alpha value is -1.77. The van der Waals surface area contributed by atoms with Crippen LogP contribution in [0.15, 0.2) is 30.3 Å². The third-order valence-corrected chi connectivity index (χ3v) is 6.33. The van der Waals surface area contributed by atoms with Gasteiger partial charge in [0.1, 0.15) is 5.82 Å². The third-order valence-electron chi connectivity index (χ3n) is 6.33. The zero-order valence-corrected chi connectivity index (χ0v) is 17.6. The maximum absolute atomic E-state index is 14.6. The molecule has 1 saturated carbocycles. The van der Waals surface area contributed by atoms with Crippen LogP contribution in [-0.2, 0) is 12.8 Å². The summed E-state index contributed by atoms with van der Waals surface area (Å²) in [4.78, 5) is 0. The van der Waals surface area contributed by atoms with E-state index in [9.17, 15) is 4.39 Å². The lowest BCUT2D eigenvalue weighted by Crippen LogP contribution is -2.15. The molecule has 1 aliphatic carbocycles. The fourth-order valence-corrected chi connectivity index (χ4v) is 4.47. The molecule has 0 aliphatic heterocycles. The highest BCUT2D eigenvalue weighted by atomic mass is 19.1. The van der Waals surface area contributed by atoms with E-state index in [2.05, 4.69) is 24.0 Å². The molecule has 1 aliphatic rings. The lowest BCUT2D eigenvalue weighted by molar-refractivity contribution is 0.249. The van der Waals surface area contributed by atoms with E-state index in [-0.39, 0.29) is 5.82 Å². The molecule has 0 atom stereocenters. The predicted octanol–water partition coefficient (Wildman–Crippen LogP) is 7.16. The van der Waals surface area contributed by atoms with Crippen molar-refractivity contribution < 1.29 is 4.39 Å². The van der Waals surface area contributed by atoms with E-state index in [0.717, 1.165) is 60.0 Å². The first-order valence-electron chi connectivity index (χ1n) is 11.3. The monoisotopic (exact) mass is 382 g/mol. The van der Waals surface area contributed by atoms with Crippen LogP contribution in [0.2, 0.25) is 0 Å². The molecule has 152 valence electrons. The van der Waals surface area contributed by atoms with Crippen molar-refractivity contribution in [2.45, 2.75) is 84.5 Å². The van der Waals surface area contributed by atoms with E-state index in [0.29, 0.717) is 0 Å². The van der Waals surface area contributed by atoms with Crippen LogP contribution in [0.5, 0.6) is 0 Å². The first-order chi connectivity index (χ1) is 13.7. The summed E-state index contributed by atoms with van der Waals surface area (Å²) >= 11 is 0. The average Bonchev–Trinajstić information content (AvgIpc) is 2.73. The van der Waals surface area contributed by atoms with Crippen molar-refractivity contribution in [2.24, 2.45) is 11.8 Å². The molecule has 1 heterocycles. The number of unbranched alkanes of at least 4 members (excludes halogenated alkanes) is 1. The highest BCUT2D eigenvalue weighted by Gasteiger charge is 2.21. The molecular weight excluding hydrogens is 347 g/mol. The van der Waals surface area contributed by atoms with Crippen LogP contribution in [0.3, 0.4) is 0 Å². The summed E-state index contributed by atoms with van der Waals surface area (Å²) in [5.74, 6) is 1.61. The van der Waals surface area contributed by atoms with Crippen molar-refractivity contribution in [2.75, 3.05) is 0 Å². The maximum atomic E-state index is 14.6. The zero-order chi connectivity index (χ0) is 19.8. The smallest absolute Gasteiger partial charge is 0.127 e. The summed E-state index contributed by atoms with van der Waals surface area (Å²) in [6.07, 6.45) is 13.4. The Kier molecular flexibility index (Phi) is 8.00. The van der Waals surface area contributed by atoms with E-state index in [4.69, 9.17) is 0 Å². The molecule has 3 rings (SSSR count). The van der Waals surface area contributed by atoms with Crippen molar-refractivity contribution in [3.05, 3.63) is 47.4 Å². The molecule has 1 aromatic heterocycles. The first-order valence-corrected chi connectivity index (χ1v) is 11.3. The summed E-state index contributed by atoms with van der Waals surface area (Å²) in [7, 11) is 0. The Morgan fingerprint density at radius 3 is 2.21 bits per heavy atom. The van der Waals surface area contributed by atoms with Crippen molar-refractivity contribution in [3.8, 4) is 11.3 Å². The van der Waals surface area contributed by atoms with Crippen LogP contribution >= 0.6 is 0 Å². The summed E-state index contributed by atoms with van der Waals surface area (Å²) in [5, 5.41) is 8.52. The lowest BCUT2D eigenvalue weighted by Gasteiger charge is -2.28. The number of aryl methyl sites for hydroxylation is 2. The minimum absolute atomic E-state index is 0.103. The fourth-order valence-electron chi connectivity index (χ4n) is 4.47. The van der Waals surface area contributed by atoms with E-state index in [1.165, 1.54) is 44.9 Å². The summed E-state index contributed by atoms with van der Waals surface area (Å²) in [5.41, 5.74) is 3.39. The molecule has 0 N–H and O–H groups in total. The molecule has 2 nitrogen and oxygen atoms in total. The normalized spacial score (nSPS) is 19.7. The molecule has 3 heteroatoms. The van der Waals surface area contributed by atoms with Crippen molar-refractivity contribution in [1.82, 2.24) is 10.2 Å². The molecule has 0 radical (unpaired) electrons. The van der Waals surface area contributed by atoms with E-state index in [1.54, 1.807) is 6.07 Å². The molecule has 28 heavy (non-hydrogen) atoms. The number of nitrogens with zero attached hydrogens (tertiary/aromatic N) is 2. The minimum Gasteiger partial charge on any atom is -0.207 e. The first kappa shape index (κ1) is 21.0. The van der Waals surface area contributed by atoms with Gasteiger partial charge < -0.3 is 0 Å². The highest BCUT2D eigenvalue weighted by molar-refractivity contribution is 5.59. The second kappa shape index (κ2) is 10.7. The van der Waals surface area contributed by atoms with Crippen LogP contribution in [0.25, 0.3) is 11.3 Å². The number of aromatic nitrogens is 2. The van der Waals surface area contributed by atoms with Crippen LogP contribution in [-0.4, -0.2) is 10.2 Å². The average molecular weight is 383 g/mol. The molecule has 2 aromatic rings. The van der Waals surface area contributed by atoms with Crippen LogP contribution in [0.1, 0.15) is 82.9 Å². The number of rotatable bonds is 9. The van der Waals surface area contributed by atoms with E-state index in [1.807, 2.05) is 24.3 Å². The van der Waals surface area contributed by atoms with Gasteiger partial charge in [0.15, 0.2) is 0 Å². The minimum atomic E-state index is -0.103. The number of halogens is 1. The lowest BCUT2D eigenvalue weighted by atomic mass is 9.78. The van der Waals surface area contributed by atoms with Crippen LogP contribution < -0.4 is 0 Å². The second-order valence-corrected chi connectivity index (χ2v) is 8.53. The topological polar surface area (TPSA) is 25.8 Å². The Labute approximate surface area is 170 Å². The summed E-state index contributed by atoms with van der Waals surface area (Å²) < 4.78 is 14.6. The molecule has 0 amide bonds. The van der Waals surface area contributed by atoms with Crippen molar-refractivity contribution in [3.63, 3.8) is 0 Å². The largest absolute Gasteiger partial charge is 0.207 e. The maximum Gasteiger partial charge on any atom is 0.127 e. The Bertz CT molecular complexity index is 718. The van der Waals surface area contributed by atoms with Gasteiger partial charge in [-0.05, 0) is 54.9 Å². The fraction of sp³-hybridized carbons (Fsp3) is 0.600. The molecular formula is C25H35FN2. The molecule has 1 fully saturated rings. The molecule has 0 unspecified atom stereocenters. The van der Waals surface area contributed by atoms with E-state index >= 15 is 0 Å². The Morgan fingerprint density at radius 2 is 1.61 bits per heavy atom. The highest BCUT2D eigenvalue weighted by Crippen LogP contribution is 2.34. The van der Waals surface area contributed by atoms with Gasteiger partial charge in [0.25, 0.3) is 0 Å². The summed E-state index contributed by atoms with van der Waals surface area (Å²) in [6, 6.07) is 9.50. The van der Waals surface area contributed by atoms with E-state index < -0.39 is 0 Å². The second-order valence-electron chi connectivity index (χ2n) is 8.53. The third kappa shape index (κ3) is 5.86. The van der Waals surface area contributed by atoms with Gasteiger partial charge in [-0.25, -0.2) is 4.39 Å². The van der Waals surface area contributed by atoms with Crippen molar-refractivity contribution >= 4 is 0 Å². The number of benzene rings is 1. The molecule has 1 aromatic carbocycles. The SMILES string of the molecule is CCCCC1CCC(CCc2ccc(-c3ccc(CCC)nn3)cc2F)CC1.